The molecule has 1 aromatic carbocycles. The topological polar surface area (TPSA) is 51.0 Å². The first-order chi connectivity index (χ1) is 8.70. The van der Waals surface area contributed by atoms with Crippen LogP contribution in [0.1, 0.15) is 19.2 Å². The van der Waals surface area contributed by atoms with E-state index < -0.39 is 0 Å². The van der Waals surface area contributed by atoms with Crippen LogP contribution in [0.4, 0.5) is 0 Å². The number of benzene rings is 1. The Balaban J connectivity index is 2.11. The molecule has 0 saturated carbocycles. The van der Waals surface area contributed by atoms with Crippen LogP contribution in [-0.4, -0.2) is 16.7 Å². The third-order valence-electron chi connectivity index (χ3n) is 2.34. The first kappa shape index (κ1) is 13.5. The summed E-state index contributed by atoms with van der Waals surface area (Å²) in [5.74, 6) is 1.06. The van der Waals surface area contributed by atoms with Gasteiger partial charge in [-0.15, -0.1) is 10.2 Å². The van der Waals surface area contributed by atoms with E-state index in [9.17, 15) is 0 Å². The maximum Gasteiger partial charge on any atom is 0.247 e. The molecule has 0 atom stereocenters. The van der Waals surface area contributed by atoms with Crippen LogP contribution in [0.3, 0.4) is 0 Å². The smallest absolute Gasteiger partial charge is 0.247 e. The van der Waals surface area contributed by atoms with Crippen molar-refractivity contribution in [2.75, 3.05) is 6.54 Å². The van der Waals surface area contributed by atoms with Crippen LogP contribution in [0.2, 0.25) is 5.02 Å². The maximum absolute atomic E-state index is 6.02. The Morgan fingerprint density at radius 2 is 2.22 bits per heavy atom. The number of hydrogen-bond acceptors (Lipinski definition) is 4. The van der Waals surface area contributed by atoms with E-state index in [2.05, 4.69) is 38.4 Å². The zero-order valence-electron chi connectivity index (χ0n) is 9.91. The zero-order chi connectivity index (χ0) is 13.0. The summed E-state index contributed by atoms with van der Waals surface area (Å²) in [4.78, 5) is 0. The van der Waals surface area contributed by atoms with Crippen molar-refractivity contribution in [1.29, 1.82) is 0 Å². The summed E-state index contributed by atoms with van der Waals surface area (Å²) in [6.45, 7) is 3.63. The molecular formula is C12H13BrClN3O. The number of halogens is 2. The van der Waals surface area contributed by atoms with Crippen molar-refractivity contribution in [1.82, 2.24) is 15.5 Å². The summed E-state index contributed by atoms with van der Waals surface area (Å²) < 4.78 is 6.40. The Morgan fingerprint density at radius 1 is 1.39 bits per heavy atom. The molecule has 0 amide bonds. The predicted octanol–water partition coefficient (Wildman–Crippen LogP) is 3.65. The summed E-state index contributed by atoms with van der Waals surface area (Å²) in [6.07, 6.45) is 1.07. The molecule has 0 bridgehead atoms. The fourth-order valence-corrected chi connectivity index (χ4v) is 1.87. The quantitative estimate of drug-likeness (QED) is 0.850. The molecule has 0 radical (unpaired) electrons. The Labute approximate surface area is 119 Å². The molecule has 0 aliphatic carbocycles. The second-order valence-corrected chi connectivity index (χ2v) is 5.07. The van der Waals surface area contributed by atoms with Crippen LogP contribution < -0.4 is 5.32 Å². The fourth-order valence-electron chi connectivity index (χ4n) is 1.44. The number of hydrogen-bond donors (Lipinski definition) is 1. The first-order valence-corrected chi connectivity index (χ1v) is 6.86. The number of nitrogens with one attached hydrogen (secondary N) is 1. The van der Waals surface area contributed by atoms with Crippen molar-refractivity contribution >= 4 is 27.5 Å². The highest BCUT2D eigenvalue weighted by molar-refractivity contribution is 9.10. The average Bonchev–Trinajstić information content (AvgIpc) is 2.82. The van der Waals surface area contributed by atoms with Gasteiger partial charge in [0.25, 0.3) is 0 Å². The van der Waals surface area contributed by atoms with E-state index in [1.165, 1.54) is 0 Å². The lowest BCUT2D eigenvalue weighted by atomic mass is 10.2. The standard InChI is InChI=1S/C12H13BrClN3O/c1-2-5-15-7-11-16-17-12(18-11)8-3-4-9(13)10(14)6-8/h3-4,6,15H,2,5,7H2,1H3. The molecule has 6 heteroatoms. The minimum Gasteiger partial charge on any atom is -0.419 e. The maximum atomic E-state index is 6.02. The van der Waals surface area contributed by atoms with Gasteiger partial charge in [0, 0.05) is 10.0 Å². The van der Waals surface area contributed by atoms with Gasteiger partial charge in [0.2, 0.25) is 11.8 Å². The van der Waals surface area contributed by atoms with E-state index in [0.717, 1.165) is 23.0 Å². The van der Waals surface area contributed by atoms with Crippen LogP contribution in [0, 0.1) is 0 Å². The fraction of sp³-hybridized carbons (Fsp3) is 0.333. The predicted molar refractivity (Wildman–Crippen MR) is 74.4 cm³/mol. The molecular weight excluding hydrogens is 318 g/mol. The molecule has 1 aromatic heterocycles. The van der Waals surface area contributed by atoms with Gasteiger partial charge in [-0.05, 0) is 47.1 Å². The minimum absolute atomic E-state index is 0.484. The van der Waals surface area contributed by atoms with E-state index >= 15 is 0 Å². The minimum atomic E-state index is 0.484. The molecule has 18 heavy (non-hydrogen) atoms. The van der Waals surface area contributed by atoms with E-state index in [1.54, 1.807) is 6.07 Å². The highest BCUT2D eigenvalue weighted by Crippen LogP contribution is 2.28. The molecule has 4 nitrogen and oxygen atoms in total. The first-order valence-electron chi connectivity index (χ1n) is 5.69. The van der Waals surface area contributed by atoms with Gasteiger partial charge in [0.1, 0.15) is 0 Å². The summed E-state index contributed by atoms with van der Waals surface area (Å²) in [5.41, 5.74) is 0.817. The van der Waals surface area contributed by atoms with Gasteiger partial charge in [-0.3, -0.25) is 0 Å². The van der Waals surface area contributed by atoms with Crippen molar-refractivity contribution in [3.05, 3.63) is 33.6 Å². The lowest BCUT2D eigenvalue weighted by Crippen LogP contribution is -2.13. The van der Waals surface area contributed by atoms with Gasteiger partial charge in [-0.1, -0.05) is 18.5 Å². The number of rotatable bonds is 5. The Morgan fingerprint density at radius 3 is 2.94 bits per heavy atom. The largest absolute Gasteiger partial charge is 0.419 e. The highest BCUT2D eigenvalue weighted by atomic mass is 79.9. The SMILES string of the molecule is CCCNCc1nnc(-c2ccc(Br)c(Cl)c2)o1. The van der Waals surface area contributed by atoms with Gasteiger partial charge >= 0.3 is 0 Å². The van der Waals surface area contributed by atoms with Gasteiger partial charge < -0.3 is 9.73 Å². The lowest BCUT2D eigenvalue weighted by Gasteiger charge is -1.99. The number of nitrogens with zero attached hydrogens (tertiary/aromatic N) is 2. The van der Waals surface area contributed by atoms with Crippen LogP contribution in [0.5, 0.6) is 0 Å². The Kier molecular flexibility index (Phi) is 4.74. The highest BCUT2D eigenvalue weighted by Gasteiger charge is 2.09. The number of aromatic nitrogens is 2. The molecule has 2 aromatic rings. The zero-order valence-corrected chi connectivity index (χ0v) is 12.3. The molecule has 1 N–H and O–H groups in total. The molecule has 0 spiro atoms. The van der Waals surface area contributed by atoms with E-state index in [-0.39, 0.29) is 0 Å². The van der Waals surface area contributed by atoms with Crippen molar-refractivity contribution in [3.8, 4) is 11.5 Å². The third kappa shape index (κ3) is 3.31. The molecule has 96 valence electrons. The van der Waals surface area contributed by atoms with Crippen LogP contribution in [0.25, 0.3) is 11.5 Å². The lowest BCUT2D eigenvalue weighted by molar-refractivity contribution is 0.477. The Bertz CT molecular complexity index is 530. The summed E-state index contributed by atoms with van der Waals surface area (Å²) in [6, 6.07) is 5.53. The van der Waals surface area contributed by atoms with E-state index in [1.807, 2.05) is 12.1 Å². The molecule has 2 rings (SSSR count). The van der Waals surface area contributed by atoms with Crippen molar-refractivity contribution in [3.63, 3.8) is 0 Å². The van der Waals surface area contributed by atoms with Crippen LogP contribution in [0.15, 0.2) is 27.1 Å². The molecule has 0 fully saturated rings. The van der Waals surface area contributed by atoms with Gasteiger partial charge in [-0.25, -0.2) is 0 Å². The second kappa shape index (κ2) is 6.31. The Hall–Kier alpha value is -0.910. The summed E-state index contributed by atoms with van der Waals surface area (Å²) in [7, 11) is 0. The van der Waals surface area contributed by atoms with E-state index in [0.29, 0.717) is 23.3 Å². The van der Waals surface area contributed by atoms with Gasteiger partial charge in [0.15, 0.2) is 0 Å². The summed E-state index contributed by atoms with van der Waals surface area (Å²) >= 11 is 9.36. The monoisotopic (exact) mass is 329 g/mol. The third-order valence-corrected chi connectivity index (χ3v) is 3.57. The van der Waals surface area contributed by atoms with Crippen molar-refractivity contribution in [2.24, 2.45) is 0 Å². The molecule has 0 aliphatic rings. The van der Waals surface area contributed by atoms with Crippen molar-refractivity contribution < 1.29 is 4.42 Å². The summed E-state index contributed by atoms with van der Waals surface area (Å²) in [5, 5.41) is 11.8. The molecule has 0 saturated heterocycles. The van der Waals surface area contributed by atoms with Crippen molar-refractivity contribution in [2.45, 2.75) is 19.9 Å². The van der Waals surface area contributed by atoms with E-state index in [4.69, 9.17) is 16.0 Å². The van der Waals surface area contributed by atoms with Crippen LogP contribution in [-0.2, 0) is 6.54 Å². The molecule has 0 unspecified atom stereocenters. The second-order valence-electron chi connectivity index (χ2n) is 3.81. The molecule has 0 aliphatic heterocycles. The van der Waals surface area contributed by atoms with Crippen LogP contribution >= 0.6 is 27.5 Å². The normalized spacial score (nSPS) is 10.8. The molecule has 1 heterocycles. The van der Waals surface area contributed by atoms with Gasteiger partial charge in [0.05, 0.1) is 11.6 Å². The average molecular weight is 331 g/mol. The van der Waals surface area contributed by atoms with Gasteiger partial charge in [-0.2, -0.15) is 0 Å².